The minimum atomic E-state index is -1.05. The zero-order chi connectivity index (χ0) is 43.7. The van der Waals surface area contributed by atoms with Gasteiger partial charge in [-0.25, -0.2) is 13.6 Å². The van der Waals surface area contributed by atoms with E-state index in [-0.39, 0.29) is 65.3 Å². The van der Waals surface area contributed by atoms with Gasteiger partial charge in [-0.05, 0) is 61.6 Å². The van der Waals surface area contributed by atoms with Crippen molar-refractivity contribution in [1.29, 1.82) is 0 Å². The Balaban J connectivity index is 0.928. The summed E-state index contributed by atoms with van der Waals surface area (Å²) >= 11 is 6.68. The number of fused-ring (bicyclic) bond motifs is 2. The number of carbonyl (C=O) groups excluding carboxylic acids is 3. The van der Waals surface area contributed by atoms with Crippen molar-refractivity contribution in [2.45, 2.75) is 57.0 Å². The number of benzene rings is 4. The van der Waals surface area contributed by atoms with Gasteiger partial charge in [-0.1, -0.05) is 67.8 Å². The maximum Gasteiger partial charge on any atom is 0.329 e. The summed E-state index contributed by atoms with van der Waals surface area (Å²) in [6.45, 7) is 4.46. The molecule has 3 aliphatic heterocycles. The van der Waals surface area contributed by atoms with Crippen LogP contribution >= 0.6 is 11.6 Å². The first-order valence-electron chi connectivity index (χ1n) is 21.1. The average Bonchev–Trinajstić information content (AvgIpc) is 3.75. The number of ether oxygens (including phenoxy) is 2. The first-order chi connectivity index (χ1) is 29.9. The molecule has 0 saturated carbocycles. The first-order valence-corrected chi connectivity index (χ1v) is 21.5. The average molecular weight is 870 g/mol. The summed E-state index contributed by atoms with van der Waals surface area (Å²) in [5.41, 5.74) is 7.44. The highest BCUT2D eigenvalue weighted by Gasteiger charge is 2.50. The molecule has 4 aromatic carbocycles. The molecule has 0 bridgehead atoms. The monoisotopic (exact) mass is 869 g/mol. The molecule has 0 radical (unpaired) electrons. The van der Waals surface area contributed by atoms with E-state index in [0.29, 0.717) is 30.4 Å². The number of amides is 4. The Labute approximate surface area is 363 Å². The Hall–Kier alpha value is -5.77. The number of hydrogen-bond donors (Lipinski definition) is 4. The van der Waals surface area contributed by atoms with Crippen molar-refractivity contribution in [3.63, 3.8) is 0 Å². The second-order valence-electron chi connectivity index (χ2n) is 16.3. The fourth-order valence-electron chi connectivity index (χ4n) is 9.43. The van der Waals surface area contributed by atoms with Crippen LogP contribution in [-0.4, -0.2) is 78.7 Å². The summed E-state index contributed by atoms with van der Waals surface area (Å²) in [5, 5.41) is 20.5. The second kappa shape index (κ2) is 17.9. The van der Waals surface area contributed by atoms with Gasteiger partial charge in [-0.15, -0.1) is 0 Å². The van der Waals surface area contributed by atoms with Gasteiger partial charge in [0, 0.05) is 73.7 Å². The zero-order valence-electron chi connectivity index (χ0n) is 34.7. The number of primary amides is 1. The molecule has 2 atom stereocenters. The smallest absolute Gasteiger partial charge is 0.329 e. The number of carbonyl (C=O) groups is 3. The van der Waals surface area contributed by atoms with Gasteiger partial charge in [-0.3, -0.25) is 24.5 Å². The lowest BCUT2D eigenvalue weighted by Crippen LogP contribution is -2.49. The van der Waals surface area contributed by atoms with Crippen molar-refractivity contribution in [3.8, 4) is 22.6 Å². The second-order valence-corrected chi connectivity index (χ2v) is 16.6. The number of nitrogens with two attached hydrogens (primary N) is 1. The molecule has 16 heteroatoms. The Kier molecular flexibility index (Phi) is 12.4. The molecule has 5 aromatic rings. The third kappa shape index (κ3) is 7.93. The number of anilines is 2. The van der Waals surface area contributed by atoms with E-state index in [0.717, 1.165) is 67.3 Å². The summed E-state index contributed by atoms with van der Waals surface area (Å²) in [4.78, 5) is 41.0. The number of nitrogens with zero attached hydrogens (tertiary/aromatic N) is 4. The van der Waals surface area contributed by atoms with E-state index >= 15 is 8.78 Å². The molecule has 326 valence electrons. The SMILES string of the molecule is C[C@H]1c2c(cc(F)c(Cl)c2-c2c(C(N)=O)ccc(OCCO)c2F)O[C@]1(CNCCCCC1CCN(c2cccc3c(N4CCC(=O)NC4=O)nn(C)c23)CC1)c1ccccc1. The van der Waals surface area contributed by atoms with Gasteiger partial charge in [0.05, 0.1) is 28.4 Å². The van der Waals surface area contributed by atoms with Gasteiger partial charge in [0.1, 0.15) is 18.2 Å². The molecule has 62 heavy (non-hydrogen) atoms. The number of aryl methyl sites for hydroxylation is 1. The van der Waals surface area contributed by atoms with Crippen molar-refractivity contribution in [2.24, 2.45) is 18.7 Å². The maximum absolute atomic E-state index is 16.4. The summed E-state index contributed by atoms with van der Waals surface area (Å²) in [7, 11) is 1.88. The van der Waals surface area contributed by atoms with Gasteiger partial charge >= 0.3 is 6.03 Å². The largest absolute Gasteiger partial charge is 0.488 e. The number of rotatable bonds is 15. The lowest BCUT2D eigenvalue weighted by Gasteiger charge is -2.35. The van der Waals surface area contributed by atoms with Crippen LogP contribution in [0.15, 0.2) is 66.7 Å². The Bertz CT molecular complexity index is 2510. The number of aliphatic hydroxyl groups excluding tert-OH is 1. The van der Waals surface area contributed by atoms with E-state index in [4.69, 9.17) is 31.9 Å². The number of hydrogen-bond acceptors (Lipinski definition) is 9. The van der Waals surface area contributed by atoms with Crippen LogP contribution in [0.2, 0.25) is 5.02 Å². The fourth-order valence-corrected chi connectivity index (χ4v) is 9.68. The van der Waals surface area contributed by atoms with Crippen LogP contribution in [0.1, 0.15) is 72.9 Å². The van der Waals surface area contributed by atoms with Crippen LogP contribution in [0.4, 0.5) is 25.1 Å². The maximum atomic E-state index is 16.4. The number of halogens is 3. The van der Waals surface area contributed by atoms with Crippen LogP contribution in [0.3, 0.4) is 0 Å². The quantitative estimate of drug-likeness (QED) is 0.0800. The number of urea groups is 1. The van der Waals surface area contributed by atoms with Crippen LogP contribution in [0.5, 0.6) is 11.5 Å². The molecule has 5 N–H and O–H groups in total. The number of imide groups is 1. The predicted molar refractivity (Wildman–Crippen MR) is 233 cm³/mol. The fraction of sp³-hybridized carbons (Fsp3) is 0.391. The molecule has 0 spiro atoms. The molecule has 2 fully saturated rings. The van der Waals surface area contributed by atoms with E-state index in [1.54, 1.807) is 0 Å². The van der Waals surface area contributed by atoms with E-state index in [9.17, 15) is 19.5 Å². The third-order valence-corrected chi connectivity index (χ3v) is 12.9. The highest BCUT2D eigenvalue weighted by Crippen LogP contribution is 2.56. The number of unbranched alkanes of at least 4 members (excludes halogenated alkanes) is 1. The number of nitrogens with one attached hydrogen (secondary N) is 2. The van der Waals surface area contributed by atoms with E-state index in [2.05, 4.69) is 21.6 Å². The Morgan fingerprint density at radius 1 is 1.06 bits per heavy atom. The lowest BCUT2D eigenvalue weighted by atomic mass is 9.77. The molecule has 8 rings (SSSR count). The lowest BCUT2D eigenvalue weighted by molar-refractivity contribution is -0.120. The minimum Gasteiger partial charge on any atom is -0.488 e. The zero-order valence-corrected chi connectivity index (χ0v) is 35.4. The van der Waals surface area contributed by atoms with Gasteiger partial charge in [0.25, 0.3) is 0 Å². The molecule has 4 amide bonds. The van der Waals surface area contributed by atoms with Crippen molar-refractivity contribution in [1.82, 2.24) is 20.4 Å². The van der Waals surface area contributed by atoms with Crippen molar-refractivity contribution >= 4 is 51.9 Å². The molecular formula is C46H50ClF2N7O6. The Morgan fingerprint density at radius 2 is 1.84 bits per heavy atom. The summed E-state index contributed by atoms with van der Waals surface area (Å²) in [6, 6.07) is 18.9. The van der Waals surface area contributed by atoms with Crippen molar-refractivity contribution < 1.29 is 37.7 Å². The molecule has 13 nitrogen and oxygen atoms in total. The standard InChI is InChI=1S/C46H50ClF2N7O6/c1-27-37-35(25-32(48)40(47)39(37)38-30(43(50)59)14-15-34(41(38)49)61-24-23-57)62-46(27,29-10-4-3-5-11-29)26-51-19-7-6-9-28-16-20-55(21-17-28)33-13-8-12-31-42(33)54(2)53-44(31)56-22-18-36(58)52-45(56)60/h3-5,8,10-15,25,27-28,51,57H,6-7,9,16-24,26H2,1-2H3,(H2,50,59)(H,52,58,60)/t27-,46-/m0/s1. The number of aromatic nitrogens is 2. The van der Waals surface area contributed by atoms with E-state index in [1.165, 1.54) is 23.1 Å². The summed E-state index contributed by atoms with van der Waals surface area (Å²) in [5.74, 6) is -2.48. The van der Waals surface area contributed by atoms with Crippen LogP contribution < -0.4 is 35.6 Å². The van der Waals surface area contributed by atoms with Gasteiger partial charge in [0.15, 0.2) is 23.0 Å². The van der Waals surface area contributed by atoms with Gasteiger partial charge in [-0.2, -0.15) is 5.10 Å². The number of aliphatic hydroxyl groups is 1. The Morgan fingerprint density at radius 3 is 2.56 bits per heavy atom. The topological polar surface area (TPSA) is 164 Å². The predicted octanol–water partition coefficient (Wildman–Crippen LogP) is 7.16. The van der Waals surface area contributed by atoms with Crippen molar-refractivity contribution in [2.75, 3.05) is 55.7 Å². The molecule has 4 heterocycles. The van der Waals surface area contributed by atoms with Crippen LogP contribution in [0.25, 0.3) is 22.0 Å². The normalized spacial score (nSPS) is 19.2. The molecule has 1 aromatic heterocycles. The summed E-state index contributed by atoms with van der Waals surface area (Å²) in [6.07, 6.45) is 5.33. The first kappa shape index (κ1) is 42.9. The highest BCUT2D eigenvalue weighted by atomic mass is 35.5. The highest BCUT2D eigenvalue weighted by molar-refractivity contribution is 6.34. The molecule has 3 aliphatic rings. The van der Waals surface area contributed by atoms with E-state index < -0.39 is 35.1 Å². The third-order valence-electron chi connectivity index (χ3n) is 12.6. The molecule has 0 aliphatic carbocycles. The van der Waals surface area contributed by atoms with Crippen LogP contribution in [-0.2, 0) is 17.4 Å². The number of para-hydroxylation sites is 1. The molecule has 2 saturated heterocycles. The van der Waals surface area contributed by atoms with Gasteiger partial charge in [0.2, 0.25) is 11.8 Å². The van der Waals surface area contributed by atoms with E-state index in [1.807, 2.05) is 61.1 Å². The summed E-state index contributed by atoms with van der Waals surface area (Å²) < 4.78 is 46.1. The minimum absolute atomic E-state index is 0.0363. The van der Waals surface area contributed by atoms with Crippen LogP contribution in [0, 0.1) is 17.6 Å². The van der Waals surface area contributed by atoms with Crippen molar-refractivity contribution in [3.05, 3.63) is 100 Å². The molecular weight excluding hydrogens is 820 g/mol. The number of piperidine rings is 1. The van der Waals surface area contributed by atoms with Gasteiger partial charge < -0.3 is 30.5 Å². The molecule has 0 unspecified atom stereocenters.